The van der Waals surface area contributed by atoms with Crippen molar-refractivity contribution >= 4 is 5.91 Å². The summed E-state index contributed by atoms with van der Waals surface area (Å²) in [6, 6.07) is 1.79. The Hall–Kier alpha value is -1.25. The van der Waals surface area contributed by atoms with Crippen molar-refractivity contribution in [1.82, 2.24) is 9.88 Å². The summed E-state index contributed by atoms with van der Waals surface area (Å²) in [6.45, 7) is 4.47. The minimum absolute atomic E-state index is 0.159. The molecule has 0 aliphatic heterocycles. The summed E-state index contributed by atoms with van der Waals surface area (Å²) in [5.74, 6) is -0.159. The van der Waals surface area contributed by atoms with Gasteiger partial charge in [-0.05, 0) is 19.4 Å². The maximum atomic E-state index is 11.5. The number of carbonyl (C=O) groups is 1. The molecular formula is C10H16N2O. The first-order valence-corrected chi connectivity index (χ1v) is 4.55. The highest BCUT2D eigenvalue weighted by atomic mass is 16.1. The summed E-state index contributed by atoms with van der Waals surface area (Å²) >= 11 is 0. The highest BCUT2D eigenvalue weighted by Gasteiger charge is 2.07. The summed E-state index contributed by atoms with van der Waals surface area (Å²) in [7, 11) is 1.81. The summed E-state index contributed by atoms with van der Waals surface area (Å²) in [5.41, 5.74) is 1.47. The first-order chi connectivity index (χ1) is 6.61. The second-order valence-electron chi connectivity index (χ2n) is 2.93. The summed E-state index contributed by atoms with van der Waals surface area (Å²) in [5, 5.41) is 2.70. The van der Waals surface area contributed by atoms with Gasteiger partial charge in [0.15, 0.2) is 0 Å². The Balaban J connectivity index is 3.04. The van der Waals surface area contributed by atoms with Crippen LogP contribution in [0.1, 0.15) is 31.3 Å². The molecule has 3 nitrogen and oxygen atoms in total. The van der Waals surface area contributed by atoms with Crippen LogP contribution in [0.25, 0.3) is 0 Å². The first kappa shape index (κ1) is 8.35. The van der Waals surface area contributed by atoms with E-state index in [0.29, 0.717) is 12.1 Å². The van der Waals surface area contributed by atoms with Gasteiger partial charge in [0, 0.05) is 25.5 Å². The molecule has 3 heteroatoms. The van der Waals surface area contributed by atoms with Crippen molar-refractivity contribution in [3.05, 3.63) is 23.5 Å². The number of nitrogens with one attached hydrogen (secondary N) is 1. The minimum atomic E-state index is -0.159. The summed E-state index contributed by atoms with van der Waals surface area (Å²) < 4.78 is 9.47. The smallest absolute Gasteiger partial charge is 0.252 e. The Kier molecular flexibility index (Phi) is 2.65. The van der Waals surface area contributed by atoms with Gasteiger partial charge in [-0.3, -0.25) is 4.79 Å². The molecule has 1 aromatic rings. The number of hydrogen-bond donors (Lipinski definition) is 1. The van der Waals surface area contributed by atoms with E-state index in [1.54, 1.807) is 10.6 Å². The third-order valence-corrected chi connectivity index (χ3v) is 1.97. The number of aromatic nitrogens is 1. The molecule has 1 heterocycles. The van der Waals surface area contributed by atoms with Gasteiger partial charge in [-0.15, -0.1) is 0 Å². The normalized spacial score (nSPS) is 11.2. The van der Waals surface area contributed by atoms with Crippen molar-refractivity contribution in [3.8, 4) is 0 Å². The van der Waals surface area contributed by atoms with Crippen molar-refractivity contribution in [2.45, 2.75) is 20.3 Å². The fraction of sp³-hybridized carbons (Fsp3) is 0.500. The van der Waals surface area contributed by atoms with Crippen LogP contribution in [0.4, 0.5) is 0 Å². The molecule has 1 N–H and O–H groups in total. The van der Waals surface area contributed by atoms with Crippen LogP contribution in [-0.4, -0.2) is 17.0 Å². The van der Waals surface area contributed by atoms with Gasteiger partial charge >= 0.3 is 0 Å². The molecule has 0 fully saturated rings. The maximum absolute atomic E-state index is 11.5. The van der Waals surface area contributed by atoms with Gasteiger partial charge in [-0.1, -0.05) is 6.92 Å². The van der Waals surface area contributed by atoms with Crippen LogP contribution >= 0.6 is 0 Å². The Morgan fingerprint density at radius 1 is 1.69 bits per heavy atom. The number of carbonyl (C=O) groups excluding carboxylic acids is 1. The quantitative estimate of drug-likeness (QED) is 0.752. The van der Waals surface area contributed by atoms with E-state index >= 15 is 0 Å². The standard InChI is InChI=1S/C10H16N2O/c1-4-9-6-8(7-12(9)3)10(13)11-5-2/h6-7H,4-5H2,1-3H3,(H,11,13)/i7T. The molecule has 1 rings (SSSR count). The van der Waals surface area contributed by atoms with Crippen molar-refractivity contribution in [1.29, 1.82) is 0 Å². The van der Waals surface area contributed by atoms with E-state index in [1.807, 2.05) is 20.9 Å². The molecule has 0 aromatic carbocycles. The SMILES string of the molecule is [3H]c1c(C(=O)NCC)cc(CC)n1C. The molecule has 13 heavy (non-hydrogen) atoms. The lowest BCUT2D eigenvalue weighted by atomic mass is 10.2. The van der Waals surface area contributed by atoms with E-state index in [2.05, 4.69) is 5.32 Å². The zero-order valence-electron chi connectivity index (χ0n) is 9.35. The molecule has 1 aromatic heterocycles. The van der Waals surface area contributed by atoms with Crippen LogP contribution in [-0.2, 0) is 13.5 Å². The van der Waals surface area contributed by atoms with Gasteiger partial charge in [0.2, 0.25) is 0 Å². The predicted octanol–water partition coefficient (Wildman–Crippen LogP) is 1.34. The molecule has 0 aliphatic carbocycles. The van der Waals surface area contributed by atoms with Gasteiger partial charge in [0.1, 0.15) is 0 Å². The van der Waals surface area contributed by atoms with Gasteiger partial charge in [0.25, 0.3) is 5.91 Å². The number of hydrogen-bond acceptors (Lipinski definition) is 1. The van der Waals surface area contributed by atoms with E-state index in [1.165, 1.54) is 0 Å². The maximum Gasteiger partial charge on any atom is 0.252 e. The zero-order chi connectivity index (χ0) is 10.7. The van der Waals surface area contributed by atoms with Crippen LogP contribution in [0, 0.1) is 0 Å². The van der Waals surface area contributed by atoms with Gasteiger partial charge in [-0.2, -0.15) is 0 Å². The Bertz CT molecular complexity index is 344. The molecule has 0 unspecified atom stereocenters. The number of amides is 1. The molecule has 0 atom stereocenters. The van der Waals surface area contributed by atoms with Crippen LogP contribution in [0.5, 0.6) is 0 Å². The number of nitrogens with zero attached hydrogens (tertiary/aromatic N) is 1. The molecule has 0 aliphatic rings. The third kappa shape index (κ3) is 2.11. The lowest BCUT2D eigenvalue weighted by Crippen LogP contribution is -2.22. The van der Waals surface area contributed by atoms with Gasteiger partial charge < -0.3 is 9.88 Å². The minimum Gasteiger partial charge on any atom is -0.354 e. The molecule has 0 bridgehead atoms. The molecule has 0 spiro atoms. The fourth-order valence-electron chi connectivity index (χ4n) is 1.26. The van der Waals surface area contributed by atoms with Crippen LogP contribution in [0.15, 0.2) is 12.2 Å². The zero-order valence-corrected chi connectivity index (χ0v) is 8.35. The molecule has 1 amide bonds. The second-order valence-corrected chi connectivity index (χ2v) is 2.93. The molecule has 0 saturated heterocycles. The van der Waals surface area contributed by atoms with Gasteiger partial charge in [-0.25, -0.2) is 0 Å². The topological polar surface area (TPSA) is 34.0 Å². The van der Waals surface area contributed by atoms with E-state index in [4.69, 9.17) is 1.37 Å². The van der Waals surface area contributed by atoms with Crippen LogP contribution < -0.4 is 5.32 Å². The van der Waals surface area contributed by atoms with E-state index in [0.717, 1.165) is 12.1 Å². The summed E-state index contributed by atoms with van der Waals surface area (Å²) in [6.07, 6.45) is 1.12. The lowest BCUT2D eigenvalue weighted by Gasteiger charge is -1.96. The van der Waals surface area contributed by atoms with E-state index < -0.39 is 0 Å². The van der Waals surface area contributed by atoms with E-state index in [9.17, 15) is 4.79 Å². The van der Waals surface area contributed by atoms with Gasteiger partial charge in [0.05, 0.1) is 6.93 Å². The first-order valence-electron chi connectivity index (χ1n) is 5.05. The molecule has 72 valence electrons. The highest BCUT2D eigenvalue weighted by Crippen LogP contribution is 2.07. The Labute approximate surface area is 80.2 Å². The average molecular weight is 182 g/mol. The van der Waals surface area contributed by atoms with Crippen LogP contribution in [0.3, 0.4) is 0 Å². The molecule has 0 radical (unpaired) electrons. The Morgan fingerprint density at radius 2 is 2.38 bits per heavy atom. The lowest BCUT2D eigenvalue weighted by molar-refractivity contribution is 0.0956. The van der Waals surface area contributed by atoms with Crippen molar-refractivity contribution in [3.63, 3.8) is 0 Å². The average Bonchev–Trinajstić information content (AvgIpc) is 2.44. The van der Waals surface area contributed by atoms with E-state index in [-0.39, 0.29) is 12.1 Å². The molecule has 0 saturated carbocycles. The third-order valence-electron chi connectivity index (χ3n) is 1.97. The number of aryl methyl sites for hydroxylation is 1. The number of rotatable bonds is 3. The highest BCUT2D eigenvalue weighted by molar-refractivity contribution is 5.94. The van der Waals surface area contributed by atoms with Crippen LogP contribution in [0.2, 0.25) is 0 Å². The monoisotopic (exact) mass is 182 g/mol. The second kappa shape index (κ2) is 4.12. The van der Waals surface area contributed by atoms with Crippen molar-refractivity contribution < 1.29 is 6.17 Å². The van der Waals surface area contributed by atoms with Crippen molar-refractivity contribution in [2.24, 2.45) is 7.05 Å². The summed E-state index contributed by atoms with van der Waals surface area (Å²) in [4.78, 5) is 11.5. The fourth-order valence-corrected chi connectivity index (χ4v) is 1.26. The largest absolute Gasteiger partial charge is 0.354 e. The predicted molar refractivity (Wildman–Crippen MR) is 52.8 cm³/mol. The molecular weight excluding hydrogens is 164 g/mol. The van der Waals surface area contributed by atoms with Crippen molar-refractivity contribution in [2.75, 3.05) is 6.54 Å². The Morgan fingerprint density at radius 3 is 2.85 bits per heavy atom.